The summed E-state index contributed by atoms with van der Waals surface area (Å²) in [5, 5.41) is 0. The highest BCUT2D eigenvalue weighted by atomic mass is 19.2. The minimum atomic E-state index is -0.804. The fourth-order valence-corrected chi connectivity index (χ4v) is 2.27. The van der Waals surface area contributed by atoms with Crippen LogP contribution in [-0.4, -0.2) is 19.3 Å². The van der Waals surface area contributed by atoms with E-state index in [1.807, 2.05) is 0 Å². The highest BCUT2D eigenvalue weighted by Crippen LogP contribution is 2.21. The van der Waals surface area contributed by atoms with Crippen molar-refractivity contribution in [3.63, 3.8) is 0 Å². The lowest BCUT2D eigenvalue weighted by atomic mass is 9.88. The number of benzene rings is 1. The predicted octanol–water partition coefficient (Wildman–Crippen LogP) is 2.26. The van der Waals surface area contributed by atoms with Crippen molar-refractivity contribution in [3.05, 3.63) is 35.4 Å². The largest absolute Gasteiger partial charge is 0.381 e. The van der Waals surface area contributed by atoms with Crippen molar-refractivity contribution in [2.24, 2.45) is 11.7 Å². The van der Waals surface area contributed by atoms with Crippen LogP contribution in [0, 0.1) is 17.6 Å². The van der Waals surface area contributed by atoms with Gasteiger partial charge in [0.1, 0.15) is 0 Å². The van der Waals surface area contributed by atoms with Crippen LogP contribution in [0.2, 0.25) is 0 Å². The average Bonchev–Trinajstić information content (AvgIpc) is 2.36. The summed E-state index contributed by atoms with van der Waals surface area (Å²) >= 11 is 0. The normalized spacial score (nSPS) is 19.2. The third-order valence-corrected chi connectivity index (χ3v) is 3.36. The van der Waals surface area contributed by atoms with Gasteiger partial charge in [-0.15, -0.1) is 0 Å². The molecule has 17 heavy (non-hydrogen) atoms. The fourth-order valence-electron chi connectivity index (χ4n) is 2.27. The molecule has 0 aromatic heterocycles. The van der Waals surface area contributed by atoms with Gasteiger partial charge in [-0.25, -0.2) is 8.78 Å². The molecular formula is C13H17F2NO. The smallest absolute Gasteiger partial charge is 0.162 e. The van der Waals surface area contributed by atoms with Gasteiger partial charge < -0.3 is 10.5 Å². The van der Waals surface area contributed by atoms with E-state index in [1.54, 1.807) is 6.07 Å². The van der Waals surface area contributed by atoms with Gasteiger partial charge in [0.05, 0.1) is 0 Å². The first kappa shape index (κ1) is 12.5. The van der Waals surface area contributed by atoms with Gasteiger partial charge in [-0.3, -0.25) is 0 Å². The summed E-state index contributed by atoms with van der Waals surface area (Å²) in [5.74, 6) is -1.23. The predicted molar refractivity (Wildman–Crippen MR) is 61.6 cm³/mol. The van der Waals surface area contributed by atoms with Crippen LogP contribution in [-0.2, 0) is 11.2 Å². The molecule has 94 valence electrons. The van der Waals surface area contributed by atoms with Crippen LogP contribution in [0.3, 0.4) is 0 Å². The zero-order chi connectivity index (χ0) is 12.3. The average molecular weight is 241 g/mol. The first-order chi connectivity index (χ1) is 8.18. The number of halogens is 2. The topological polar surface area (TPSA) is 35.2 Å². The van der Waals surface area contributed by atoms with Gasteiger partial charge in [0.2, 0.25) is 0 Å². The molecule has 1 unspecified atom stereocenters. The van der Waals surface area contributed by atoms with Gasteiger partial charge in [0.25, 0.3) is 0 Å². The van der Waals surface area contributed by atoms with E-state index in [4.69, 9.17) is 10.5 Å². The Balaban J connectivity index is 2.01. The molecule has 1 atom stereocenters. The Hall–Kier alpha value is -1.00. The first-order valence-electron chi connectivity index (χ1n) is 5.94. The molecule has 4 heteroatoms. The van der Waals surface area contributed by atoms with E-state index in [2.05, 4.69) is 0 Å². The number of ether oxygens (including phenoxy) is 1. The van der Waals surface area contributed by atoms with Crippen molar-refractivity contribution < 1.29 is 13.5 Å². The standard InChI is InChI=1S/C13H17F2NO/c14-11-3-1-2-10(13(11)15)8-12(16)9-4-6-17-7-5-9/h1-3,9,12H,4-8,16H2. The van der Waals surface area contributed by atoms with Gasteiger partial charge in [0, 0.05) is 19.3 Å². The molecule has 1 saturated heterocycles. The van der Waals surface area contributed by atoms with E-state index in [9.17, 15) is 8.78 Å². The van der Waals surface area contributed by atoms with E-state index in [0.717, 1.165) is 18.9 Å². The van der Waals surface area contributed by atoms with E-state index in [-0.39, 0.29) is 6.04 Å². The molecule has 1 fully saturated rings. The summed E-state index contributed by atoms with van der Waals surface area (Å²) in [6, 6.07) is 4.11. The van der Waals surface area contributed by atoms with E-state index < -0.39 is 11.6 Å². The second-order valence-corrected chi connectivity index (χ2v) is 4.53. The zero-order valence-electron chi connectivity index (χ0n) is 9.66. The minimum Gasteiger partial charge on any atom is -0.381 e. The maximum absolute atomic E-state index is 13.5. The van der Waals surface area contributed by atoms with Crippen LogP contribution >= 0.6 is 0 Å². The Labute approximate surface area is 99.8 Å². The summed E-state index contributed by atoms with van der Waals surface area (Å²) in [6.07, 6.45) is 2.18. The zero-order valence-corrected chi connectivity index (χ0v) is 9.66. The molecule has 2 N–H and O–H groups in total. The molecule has 1 heterocycles. The molecule has 2 nitrogen and oxygen atoms in total. The van der Waals surface area contributed by atoms with E-state index in [1.165, 1.54) is 6.07 Å². The lowest BCUT2D eigenvalue weighted by Gasteiger charge is -2.27. The third kappa shape index (κ3) is 3.01. The SMILES string of the molecule is NC(Cc1cccc(F)c1F)C1CCOCC1. The molecule has 0 bridgehead atoms. The Bertz CT molecular complexity index is 378. The number of hydrogen-bond donors (Lipinski definition) is 1. The summed E-state index contributed by atoms with van der Waals surface area (Å²) in [4.78, 5) is 0. The molecule has 0 spiro atoms. The van der Waals surface area contributed by atoms with Crippen LogP contribution in [0.4, 0.5) is 8.78 Å². The molecule has 1 aromatic carbocycles. The molecule has 1 aliphatic rings. The van der Waals surface area contributed by atoms with Gasteiger partial charge in [-0.1, -0.05) is 12.1 Å². The van der Waals surface area contributed by atoms with Crippen LogP contribution in [0.15, 0.2) is 18.2 Å². The third-order valence-electron chi connectivity index (χ3n) is 3.36. The molecular weight excluding hydrogens is 224 g/mol. The molecule has 0 amide bonds. The summed E-state index contributed by atoms with van der Waals surface area (Å²) in [7, 11) is 0. The van der Waals surface area contributed by atoms with Crippen molar-refractivity contribution in [2.45, 2.75) is 25.3 Å². The van der Waals surface area contributed by atoms with Gasteiger partial charge >= 0.3 is 0 Å². The molecule has 0 aliphatic carbocycles. The van der Waals surface area contributed by atoms with E-state index in [0.29, 0.717) is 31.1 Å². The number of nitrogens with two attached hydrogens (primary N) is 1. The highest BCUT2D eigenvalue weighted by Gasteiger charge is 2.22. The van der Waals surface area contributed by atoms with Crippen molar-refractivity contribution in [2.75, 3.05) is 13.2 Å². The van der Waals surface area contributed by atoms with Crippen LogP contribution in [0.25, 0.3) is 0 Å². The second kappa shape index (κ2) is 5.56. The number of hydrogen-bond acceptors (Lipinski definition) is 2. The highest BCUT2D eigenvalue weighted by molar-refractivity contribution is 5.20. The Morgan fingerprint density at radius 3 is 2.71 bits per heavy atom. The van der Waals surface area contributed by atoms with Crippen LogP contribution in [0.1, 0.15) is 18.4 Å². The van der Waals surface area contributed by atoms with Crippen molar-refractivity contribution >= 4 is 0 Å². The number of rotatable bonds is 3. The molecule has 1 aromatic rings. The van der Waals surface area contributed by atoms with E-state index >= 15 is 0 Å². The molecule has 0 radical (unpaired) electrons. The van der Waals surface area contributed by atoms with Crippen molar-refractivity contribution in [3.8, 4) is 0 Å². The second-order valence-electron chi connectivity index (χ2n) is 4.53. The molecule has 2 rings (SSSR count). The fraction of sp³-hybridized carbons (Fsp3) is 0.538. The molecule has 1 aliphatic heterocycles. The summed E-state index contributed by atoms with van der Waals surface area (Å²) < 4.78 is 31.8. The minimum absolute atomic E-state index is 0.129. The summed E-state index contributed by atoms with van der Waals surface area (Å²) in [6.45, 7) is 1.42. The Morgan fingerprint density at radius 1 is 1.29 bits per heavy atom. The monoisotopic (exact) mass is 241 g/mol. The summed E-state index contributed by atoms with van der Waals surface area (Å²) in [5.41, 5.74) is 6.42. The van der Waals surface area contributed by atoms with Crippen LogP contribution < -0.4 is 5.73 Å². The quantitative estimate of drug-likeness (QED) is 0.881. The molecule has 0 saturated carbocycles. The maximum atomic E-state index is 13.5. The Kier molecular flexibility index (Phi) is 4.07. The van der Waals surface area contributed by atoms with Gasteiger partial charge in [-0.2, -0.15) is 0 Å². The van der Waals surface area contributed by atoms with Gasteiger partial charge in [-0.05, 0) is 36.8 Å². The van der Waals surface area contributed by atoms with Gasteiger partial charge in [0.15, 0.2) is 11.6 Å². The Morgan fingerprint density at radius 2 is 2.00 bits per heavy atom. The van der Waals surface area contributed by atoms with Crippen LogP contribution in [0.5, 0.6) is 0 Å². The maximum Gasteiger partial charge on any atom is 0.162 e. The lowest BCUT2D eigenvalue weighted by Crippen LogP contribution is -2.36. The van der Waals surface area contributed by atoms with Crippen molar-refractivity contribution in [1.29, 1.82) is 0 Å². The van der Waals surface area contributed by atoms with Crippen molar-refractivity contribution in [1.82, 2.24) is 0 Å². The first-order valence-corrected chi connectivity index (χ1v) is 5.94. The lowest BCUT2D eigenvalue weighted by molar-refractivity contribution is 0.0584.